The van der Waals surface area contributed by atoms with Crippen LogP contribution in [0.2, 0.25) is 0 Å². The Labute approximate surface area is 131 Å². The van der Waals surface area contributed by atoms with Gasteiger partial charge in [-0.05, 0) is 37.3 Å². The van der Waals surface area contributed by atoms with Crippen molar-refractivity contribution in [1.82, 2.24) is 0 Å². The molecule has 0 aliphatic heterocycles. The fraction of sp³-hybridized carbons (Fsp3) is 0.529. The summed E-state index contributed by atoms with van der Waals surface area (Å²) in [6.45, 7) is 1.66. The van der Waals surface area contributed by atoms with Gasteiger partial charge in [-0.1, -0.05) is 43.2 Å². The first kappa shape index (κ1) is 15.7. The Bertz CT molecular complexity index is 688. The Hall–Kier alpha value is -1.17. The van der Waals surface area contributed by atoms with E-state index in [-0.39, 0.29) is 0 Å². The fourth-order valence-electron chi connectivity index (χ4n) is 3.25. The molecule has 0 bridgehead atoms. The SMILES string of the molecule is C[C@]1(O)CCCC[C@H]1OS(=O)(=O)C1=CCc2ccccc2C1. The zero-order valence-corrected chi connectivity index (χ0v) is 13.6. The van der Waals surface area contributed by atoms with Gasteiger partial charge in [-0.3, -0.25) is 4.18 Å². The van der Waals surface area contributed by atoms with E-state index in [1.165, 1.54) is 0 Å². The molecule has 5 heteroatoms. The number of aliphatic hydroxyl groups is 1. The maximum atomic E-state index is 12.5. The van der Waals surface area contributed by atoms with Crippen LogP contribution >= 0.6 is 0 Å². The average molecular weight is 322 g/mol. The molecule has 3 rings (SSSR count). The van der Waals surface area contributed by atoms with Crippen molar-refractivity contribution in [3.63, 3.8) is 0 Å². The third-order valence-corrected chi connectivity index (χ3v) is 6.13. The molecule has 2 aliphatic rings. The van der Waals surface area contributed by atoms with E-state index in [0.717, 1.165) is 24.0 Å². The summed E-state index contributed by atoms with van der Waals surface area (Å²) in [6, 6.07) is 7.85. The van der Waals surface area contributed by atoms with Gasteiger partial charge in [0.15, 0.2) is 0 Å². The molecule has 2 atom stereocenters. The van der Waals surface area contributed by atoms with Crippen molar-refractivity contribution in [1.29, 1.82) is 0 Å². The van der Waals surface area contributed by atoms with Crippen LogP contribution < -0.4 is 0 Å². The Balaban J connectivity index is 1.78. The molecule has 1 aromatic carbocycles. The highest BCUT2D eigenvalue weighted by atomic mass is 32.2. The third-order valence-electron chi connectivity index (χ3n) is 4.69. The van der Waals surface area contributed by atoms with Crippen LogP contribution in [0.3, 0.4) is 0 Å². The molecule has 0 heterocycles. The molecule has 120 valence electrons. The Kier molecular flexibility index (Phi) is 4.14. The van der Waals surface area contributed by atoms with E-state index in [4.69, 9.17) is 4.18 Å². The molecular weight excluding hydrogens is 300 g/mol. The second kappa shape index (κ2) is 5.80. The zero-order valence-electron chi connectivity index (χ0n) is 12.8. The highest BCUT2D eigenvalue weighted by Gasteiger charge is 2.39. The lowest BCUT2D eigenvalue weighted by molar-refractivity contribution is -0.0708. The van der Waals surface area contributed by atoms with Crippen LogP contribution in [-0.4, -0.2) is 25.2 Å². The minimum atomic E-state index is -3.80. The zero-order chi connectivity index (χ0) is 15.8. The van der Waals surface area contributed by atoms with Crippen LogP contribution in [0.15, 0.2) is 35.2 Å². The smallest absolute Gasteiger partial charge is 0.293 e. The van der Waals surface area contributed by atoms with Crippen LogP contribution in [-0.2, 0) is 27.1 Å². The number of fused-ring (bicyclic) bond motifs is 1. The van der Waals surface area contributed by atoms with Gasteiger partial charge < -0.3 is 5.11 Å². The molecule has 2 aliphatic carbocycles. The van der Waals surface area contributed by atoms with Gasteiger partial charge in [-0.2, -0.15) is 8.42 Å². The lowest BCUT2D eigenvalue weighted by Gasteiger charge is -2.36. The molecule has 0 radical (unpaired) electrons. The van der Waals surface area contributed by atoms with Crippen molar-refractivity contribution in [3.8, 4) is 0 Å². The van der Waals surface area contributed by atoms with Crippen molar-refractivity contribution < 1.29 is 17.7 Å². The first-order valence-electron chi connectivity index (χ1n) is 7.80. The first-order valence-corrected chi connectivity index (χ1v) is 9.21. The monoisotopic (exact) mass is 322 g/mol. The predicted octanol–water partition coefficient (Wildman–Crippen LogP) is 2.71. The van der Waals surface area contributed by atoms with E-state index in [1.807, 2.05) is 24.3 Å². The van der Waals surface area contributed by atoms with Crippen LogP contribution in [0.1, 0.15) is 43.7 Å². The van der Waals surface area contributed by atoms with Crippen molar-refractivity contribution >= 4 is 10.1 Å². The van der Waals surface area contributed by atoms with E-state index in [1.54, 1.807) is 13.0 Å². The summed E-state index contributed by atoms with van der Waals surface area (Å²) in [4.78, 5) is 0.313. The lowest BCUT2D eigenvalue weighted by Crippen LogP contribution is -2.45. The average Bonchev–Trinajstić information content (AvgIpc) is 2.49. The van der Waals surface area contributed by atoms with Gasteiger partial charge in [0.25, 0.3) is 10.1 Å². The summed E-state index contributed by atoms with van der Waals surface area (Å²) < 4.78 is 30.5. The fourth-order valence-corrected chi connectivity index (χ4v) is 4.61. The summed E-state index contributed by atoms with van der Waals surface area (Å²) >= 11 is 0. The van der Waals surface area contributed by atoms with Gasteiger partial charge in [0.05, 0.1) is 10.5 Å². The summed E-state index contributed by atoms with van der Waals surface area (Å²) in [5.41, 5.74) is 1.12. The first-order chi connectivity index (χ1) is 10.4. The molecule has 22 heavy (non-hydrogen) atoms. The normalized spacial score (nSPS) is 28.8. The van der Waals surface area contributed by atoms with Gasteiger partial charge in [0, 0.05) is 6.42 Å². The quantitative estimate of drug-likeness (QED) is 0.869. The van der Waals surface area contributed by atoms with E-state index in [9.17, 15) is 13.5 Å². The molecule has 4 nitrogen and oxygen atoms in total. The van der Waals surface area contributed by atoms with Crippen LogP contribution in [0.4, 0.5) is 0 Å². The molecule has 0 aromatic heterocycles. The van der Waals surface area contributed by atoms with E-state index in [0.29, 0.717) is 30.6 Å². The van der Waals surface area contributed by atoms with Crippen molar-refractivity contribution in [2.24, 2.45) is 0 Å². The second-order valence-electron chi connectivity index (χ2n) is 6.46. The van der Waals surface area contributed by atoms with Crippen molar-refractivity contribution in [3.05, 3.63) is 46.4 Å². The van der Waals surface area contributed by atoms with Crippen molar-refractivity contribution in [2.45, 2.75) is 57.2 Å². The molecule has 0 unspecified atom stereocenters. The minimum absolute atomic E-state index is 0.313. The predicted molar refractivity (Wildman–Crippen MR) is 84.8 cm³/mol. The number of hydrogen-bond donors (Lipinski definition) is 1. The van der Waals surface area contributed by atoms with Gasteiger partial charge in [0.1, 0.15) is 6.10 Å². The highest BCUT2D eigenvalue weighted by molar-refractivity contribution is 7.90. The standard InChI is InChI=1S/C17H22O4S/c1-17(18)11-5-4-8-16(17)21-22(19,20)15-10-9-13-6-2-3-7-14(13)12-15/h2-3,6-7,10,16,18H,4-5,8-9,11-12H2,1H3/t16-,17+/m1/s1. The maximum absolute atomic E-state index is 12.5. The minimum Gasteiger partial charge on any atom is -0.387 e. The number of allylic oxidation sites excluding steroid dienone is 2. The third kappa shape index (κ3) is 3.12. The Morgan fingerprint density at radius 1 is 1.23 bits per heavy atom. The highest BCUT2D eigenvalue weighted by Crippen LogP contribution is 2.34. The van der Waals surface area contributed by atoms with E-state index < -0.39 is 21.8 Å². The topological polar surface area (TPSA) is 63.6 Å². The molecule has 0 spiro atoms. The van der Waals surface area contributed by atoms with Gasteiger partial charge >= 0.3 is 0 Å². The Morgan fingerprint density at radius 2 is 1.95 bits per heavy atom. The molecular formula is C17H22O4S. The van der Waals surface area contributed by atoms with Gasteiger partial charge in [0.2, 0.25) is 0 Å². The van der Waals surface area contributed by atoms with Gasteiger partial charge in [-0.15, -0.1) is 0 Å². The summed E-state index contributed by atoms with van der Waals surface area (Å²) in [5, 5.41) is 10.3. The van der Waals surface area contributed by atoms with Crippen molar-refractivity contribution in [2.75, 3.05) is 0 Å². The molecule has 1 saturated carbocycles. The largest absolute Gasteiger partial charge is 0.387 e. The number of benzene rings is 1. The maximum Gasteiger partial charge on any atom is 0.293 e. The lowest BCUT2D eigenvalue weighted by atomic mass is 9.84. The second-order valence-corrected chi connectivity index (χ2v) is 8.09. The number of rotatable bonds is 3. The molecule has 1 fully saturated rings. The number of hydrogen-bond acceptors (Lipinski definition) is 4. The summed E-state index contributed by atoms with van der Waals surface area (Å²) in [7, 11) is -3.80. The van der Waals surface area contributed by atoms with Gasteiger partial charge in [-0.25, -0.2) is 0 Å². The van der Waals surface area contributed by atoms with E-state index >= 15 is 0 Å². The van der Waals surface area contributed by atoms with Crippen LogP contribution in [0, 0.1) is 0 Å². The molecule has 1 aromatic rings. The molecule has 0 saturated heterocycles. The Morgan fingerprint density at radius 3 is 2.68 bits per heavy atom. The van der Waals surface area contributed by atoms with E-state index in [2.05, 4.69) is 0 Å². The molecule has 1 N–H and O–H groups in total. The molecule has 0 amide bonds. The summed E-state index contributed by atoms with van der Waals surface area (Å²) in [6.07, 6.45) is 5.01. The van der Waals surface area contributed by atoms with Crippen LogP contribution in [0.25, 0.3) is 0 Å². The summed E-state index contributed by atoms with van der Waals surface area (Å²) in [5.74, 6) is 0. The van der Waals surface area contributed by atoms with Crippen LogP contribution in [0.5, 0.6) is 0 Å².